The average Bonchev–Trinajstić information content (AvgIpc) is 2.75. The molecular formula is C23H21ClN2O3. The van der Waals surface area contributed by atoms with Crippen LogP contribution in [0, 0.1) is 0 Å². The largest absolute Gasteiger partial charge is 0.489 e. The summed E-state index contributed by atoms with van der Waals surface area (Å²) in [6.45, 7) is 2.14. The van der Waals surface area contributed by atoms with Crippen LogP contribution < -0.4 is 14.9 Å². The first kappa shape index (κ1) is 20.4. The van der Waals surface area contributed by atoms with E-state index in [0.717, 1.165) is 11.3 Å². The molecule has 1 N–H and O–H groups in total. The van der Waals surface area contributed by atoms with Gasteiger partial charge in [0, 0.05) is 10.6 Å². The van der Waals surface area contributed by atoms with Crippen LogP contribution in [0.25, 0.3) is 0 Å². The van der Waals surface area contributed by atoms with Crippen molar-refractivity contribution in [2.45, 2.75) is 19.6 Å². The predicted molar refractivity (Wildman–Crippen MR) is 114 cm³/mol. The molecule has 0 aliphatic heterocycles. The molecule has 29 heavy (non-hydrogen) atoms. The molecule has 0 bridgehead atoms. The molecule has 0 aliphatic rings. The maximum absolute atomic E-state index is 12.1. The lowest BCUT2D eigenvalue weighted by Crippen LogP contribution is -2.33. The summed E-state index contributed by atoms with van der Waals surface area (Å²) < 4.78 is 11.4. The Morgan fingerprint density at radius 1 is 1.00 bits per heavy atom. The predicted octanol–water partition coefficient (Wildman–Crippen LogP) is 4.84. The van der Waals surface area contributed by atoms with Crippen molar-refractivity contribution in [1.82, 2.24) is 5.43 Å². The number of nitrogens with one attached hydrogen (secondary N) is 1. The van der Waals surface area contributed by atoms with E-state index in [2.05, 4.69) is 10.5 Å². The van der Waals surface area contributed by atoms with Crippen LogP contribution >= 0.6 is 11.6 Å². The van der Waals surface area contributed by atoms with Gasteiger partial charge in [-0.1, -0.05) is 60.1 Å². The van der Waals surface area contributed by atoms with Crippen molar-refractivity contribution >= 4 is 23.7 Å². The van der Waals surface area contributed by atoms with Gasteiger partial charge in [-0.2, -0.15) is 5.10 Å². The number of carbonyl (C=O) groups excluding carboxylic acids is 1. The molecule has 3 aromatic rings. The fourth-order valence-corrected chi connectivity index (χ4v) is 2.63. The highest BCUT2D eigenvalue weighted by Crippen LogP contribution is 2.19. The van der Waals surface area contributed by atoms with Crippen molar-refractivity contribution in [2.24, 2.45) is 5.10 Å². The highest BCUT2D eigenvalue weighted by Gasteiger charge is 2.14. The number of carbonyl (C=O) groups is 1. The van der Waals surface area contributed by atoms with E-state index < -0.39 is 6.10 Å². The Morgan fingerprint density at radius 2 is 1.66 bits per heavy atom. The minimum absolute atomic E-state index is 0.363. The van der Waals surface area contributed by atoms with E-state index in [1.165, 1.54) is 6.21 Å². The molecule has 0 aromatic heterocycles. The van der Waals surface area contributed by atoms with E-state index in [4.69, 9.17) is 21.1 Å². The SMILES string of the molecule is CC(Oc1ccc(OCc2ccccc2)cc1)C(=O)NN=Cc1ccccc1Cl. The molecule has 0 fully saturated rings. The number of hydrogen-bond donors (Lipinski definition) is 1. The Labute approximate surface area is 174 Å². The molecule has 0 saturated carbocycles. The van der Waals surface area contributed by atoms with Crippen molar-refractivity contribution in [2.75, 3.05) is 0 Å². The number of benzene rings is 3. The quantitative estimate of drug-likeness (QED) is 0.428. The molecule has 0 radical (unpaired) electrons. The molecule has 0 aliphatic carbocycles. The lowest BCUT2D eigenvalue weighted by atomic mass is 10.2. The minimum atomic E-state index is -0.713. The molecule has 1 atom stereocenters. The molecule has 3 aromatic carbocycles. The number of ether oxygens (including phenoxy) is 2. The summed E-state index contributed by atoms with van der Waals surface area (Å²) in [6, 6.07) is 24.3. The zero-order valence-corrected chi connectivity index (χ0v) is 16.7. The van der Waals surface area contributed by atoms with Crippen LogP contribution in [0.2, 0.25) is 5.02 Å². The van der Waals surface area contributed by atoms with Gasteiger partial charge in [-0.05, 0) is 42.8 Å². The van der Waals surface area contributed by atoms with Crippen LogP contribution in [-0.4, -0.2) is 18.2 Å². The van der Waals surface area contributed by atoms with Gasteiger partial charge >= 0.3 is 0 Å². The summed E-state index contributed by atoms with van der Waals surface area (Å²) >= 11 is 6.04. The summed E-state index contributed by atoms with van der Waals surface area (Å²) in [5.74, 6) is 0.926. The fourth-order valence-electron chi connectivity index (χ4n) is 2.45. The summed E-state index contributed by atoms with van der Waals surface area (Å²) in [5.41, 5.74) is 4.26. The van der Waals surface area contributed by atoms with Crippen LogP contribution in [0.3, 0.4) is 0 Å². The zero-order valence-electron chi connectivity index (χ0n) is 15.9. The van der Waals surface area contributed by atoms with E-state index in [9.17, 15) is 4.79 Å². The maximum atomic E-state index is 12.1. The van der Waals surface area contributed by atoms with E-state index in [-0.39, 0.29) is 5.91 Å². The van der Waals surface area contributed by atoms with Crippen molar-refractivity contribution in [3.63, 3.8) is 0 Å². The molecular weight excluding hydrogens is 388 g/mol. The Kier molecular flexibility index (Phi) is 7.25. The van der Waals surface area contributed by atoms with Crippen molar-refractivity contribution in [3.05, 3.63) is 95.0 Å². The van der Waals surface area contributed by atoms with Crippen LogP contribution in [0.15, 0.2) is 84.0 Å². The third kappa shape index (κ3) is 6.36. The summed E-state index contributed by atoms with van der Waals surface area (Å²) in [4.78, 5) is 12.1. The van der Waals surface area contributed by atoms with Crippen molar-refractivity contribution in [1.29, 1.82) is 0 Å². The van der Waals surface area contributed by atoms with E-state index in [0.29, 0.717) is 22.9 Å². The number of halogens is 1. The standard InChI is InChI=1S/C23H21ClN2O3/c1-17(23(27)26-25-15-19-9-5-6-10-22(19)24)29-21-13-11-20(12-14-21)28-16-18-7-3-2-4-8-18/h2-15,17H,16H2,1H3,(H,26,27). The summed E-state index contributed by atoms with van der Waals surface area (Å²) in [6.07, 6.45) is 0.778. The third-order valence-corrected chi connectivity index (χ3v) is 4.38. The van der Waals surface area contributed by atoms with Gasteiger partial charge in [0.15, 0.2) is 6.10 Å². The van der Waals surface area contributed by atoms with Crippen LogP contribution in [0.5, 0.6) is 11.5 Å². The summed E-state index contributed by atoms with van der Waals surface area (Å²) in [5, 5.41) is 4.48. The second-order valence-corrected chi connectivity index (χ2v) is 6.67. The van der Waals surface area contributed by atoms with Gasteiger partial charge < -0.3 is 9.47 Å². The Bertz CT molecular complexity index is 959. The van der Waals surface area contributed by atoms with Crippen molar-refractivity contribution in [3.8, 4) is 11.5 Å². The molecule has 6 heteroatoms. The highest BCUT2D eigenvalue weighted by atomic mass is 35.5. The number of amides is 1. The van der Waals surface area contributed by atoms with Gasteiger partial charge in [-0.25, -0.2) is 5.43 Å². The number of rotatable bonds is 8. The van der Waals surface area contributed by atoms with Crippen LogP contribution in [0.1, 0.15) is 18.1 Å². The Morgan fingerprint density at radius 3 is 2.38 bits per heavy atom. The maximum Gasteiger partial charge on any atom is 0.280 e. The third-order valence-electron chi connectivity index (χ3n) is 4.04. The van der Waals surface area contributed by atoms with Gasteiger partial charge in [0.1, 0.15) is 18.1 Å². The first-order chi connectivity index (χ1) is 14.1. The zero-order chi connectivity index (χ0) is 20.5. The smallest absolute Gasteiger partial charge is 0.280 e. The molecule has 5 nitrogen and oxygen atoms in total. The van der Waals surface area contributed by atoms with Gasteiger partial charge in [0.05, 0.1) is 6.21 Å². The van der Waals surface area contributed by atoms with Crippen LogP contribution in [-0.2, 0) is 11.4 Å². The topological polar surface area (TPSA) is 59.9 Å². The first-order valence-corrected chi connectivity index (χ1v) is 9.50. The molecule has 0 saturated heterocycles. The Balaban J connectivity index is 1.47. The summed E-state index contributed by atoms with van der Waals surface area (Å²) in [7, 11) is 0. The average molecular weight is 409 g/mol. The number of nitrogens with zero attached hydrogens (tertiary/aromatic N) is 1. The highest BCUT2D eigenvalue weighted by molar-refractivity contribution is 6.33. The second kappa shape index (κ2) is 10.3. The van der Waals surface area contributed by atoms with Crippen LogP contribution in [0.4, 0.5) is 0 Å². The normalized spacial score (nSPS) is 11.8. The van der Waals surface area contributed by atoms with E-state index in [1.54, 1.807) is 43.3 Å². The lowest BCUT2D eigenvalue weighted by Gasteiger charge is -2.13. The molecule has 148 valence electrons. The van der Waals surface area contributed by atoms with Gasteiger partial charge in [-0.15, -0.1) is 0 Å². The molecule has 1 unspecified atom stereocenters. The second-order valence-electron chi connectivity index (χ2n) is 6.26. The Hall–Kier alpha value is -3.31. The van der Waals surface area contributed by atoms with E-state index in [1.807, 2.05) is 42.5 Å². The molecule has 0 heterocycles. The monoisotopic (exact) mass is 408 g/mol. The first-order valence-electron chi connectivity index (χ1n) is 9.13. The molecule has 0 spiro atoms. The fraction of sp³-hybridized carbons (Fsp3) is 0.130. The van der Waals surface area contributed by atoms with Gasteiger partial charge in [-0.3, -0.25) is 4.79 Å². The number of hydrazone groups is 1. The molecule has 1 amide bonds. The van der Waals surface area contributed by atoms with Gasteiger partial charge in [0.2, 0.25) is 0 Å². The van der Waals surface area contributed by atoms with Crippen molar-refractivity contribution < 1.29 is 14.3 Å². The van der Waals surface area contributed by atoms with E-state index >= 15 is 0 Å². The lowest BCUT2D eigenvalue weighted by molar-refractivity contribution is -0.127. The van der Waals surface area contributed by atoms with Gasteiger partial charge in [0.25, 0.3) is 5.91 Å². The minimum Gasteiger partial charge on any atom is -0.489 e. The molecule has 3 rings (SSSR count). The number of hydrogen-bond acceptors (Lipinski definition) is 4.